The zero-order valence-electron chi connectivity index (χ0n) is 46.4. The van der Waals surface area contributed by atoms with Crippen LogP contribution in [0.1, 0.15) is 41.6 Å². The monoisotopic (exact) mass is 1080 g/mol. The number of nitrogens with one attached hydrogen (secondary N) is 1. The minimum absolute atomic E-state index is 0.0162. The van der Waals surface area contributed by atoms with E-state index in [2.05, 4.69) is 117 Å². The Morgan fingerprint density at radius 1 is 0.608 bits per heavy atom. The van der Waals surface area contributed by atoms with Crippen LogP contribution in [0.25, 0.3) is 21.5 Å². The van der Waals surface area contributed by atoms with Crippen LogP contribution in [0.2, 0.25) is 0 Å². The molecule has 5 aromatic rings. The van der Waals surface area contributed by atoms with Gasteiger partial charge in [-0.25, -0.2) is 9.59 Å². The first-order valence-corrected chi connectivity index (χ1v) is 28.4. The number of fused-ring (bicyclic) bond motifs is 2. The molecule has 8 fully saturated rings. The lowest BCUT2D eigenvalue weighted by atomic mass is 9.87. The van der Waals surface area contributed by atoms with Crippen molar-refractivity contribution in [3.05, 3.63) is 108 Å². The van der Waals surface area contributed by atoms with E-state index < -0.39 is 11.1 Å². The molecule has 6 atom stereocenters. The van der Waals surface area contributed by atoms with E-state index in [4.69, 9.17) is 14.2 Å². The third kappa shape index (κ3) is 9.02. The third-order valence-corrected chi connectivity index (χ3v) is 18.7. The minimum atomic E-state index is -0.879. The Bertz CT molecular complexity index is 3150. The molecule has 0 aromatic heterocycles. The van der Waals surface area contributed by atoms with Gasteiger partial charge in [-0.3, -0.25) is 34.1 Å². The Labute approximate surface area is 463 Å². The van der Waals surface area contributed by atoms with Crippen LogP contribution < -0.4 is 19.9 Å². The number of phenolic OH excluding ortho intramolecular Hbond substituents is 1. The van der Waals surface area contributed by atoms with Gasteiger partial charge in [-0.15, -0.1) is 0 Å². The lowest BCUT2D eigenvalue weighted by Crippen LogP contribution is -2.52. The summed E-state index contributed by atoms with van der Waals surface area (Å²) in [5.74, 6) is 0.678. The molecule has 0 bridgehead atoms. The quantitative estimate of drug-likeness (QED) is 0.135. The molecule has 2 N–H and O–H groups in total. The van der Waals surface area contributed by atoms with Gasteiger partial charge in [0.15, 0.2) is 11.5 Å². The molecule has 0 unspecified atom stereocenters. The van der Waals surface area contributed by atoms with Crippen molar-refractivity contribution in [3.8, 4) is 11.5 Å². The Balaban J connectivity index is 0.000000164. The molecule has 0 saturated carbocycles. The molecule has 18 nitrogen and oxygen atoms in total. The Morgan fingerprint density at radius 3 is 1.63 bits per heavy atom. The van der Waals surface area contributed by atoms with Crippen molar-refractivity contribution in [1.82, 2.24) is 39.6 Å². The summed E-state index contributed by atoms with van der Waals surface area (Å²) in [5, 5.41) is 18.3. The highest BCUT2D eigenvalue weighted by atomic mass is 16.5. The van der Waals surface area contributed by atoms with Crippen LogP contribution in [0.3, 0.4) is 0 Å². The zero-order chi connectivity index (χ0) is 54.7. The minimum Gasteiger partial charge on any atom is -0.504 e. The molecule has 8 aliphatic rings. The molecule has 18 heteroatoms. The second kappa shape index (κ2) is 21.5. The predicted octanol–water partition coefficient (Wildman–Crippen LogP) is 5.48. The standard InChI is InChI=1S/C35H43N5O5.C26H33N5O3/c1-36(2)29-10-9-28(26-6-4-5-7-27(26)29)30-21-25-22-38(13-12-24-8-11-32(44-3)31(41)20-24)23-35(25)33(42)39(34(43)40(30)35)15-14-37-16-18-45-19-17-37;1-28(2)22-8-7-21(19-5-3-4-6-20(19)22)23-15-18-16-27-17-26(18)24(32)30(25(33)31(23)26)10-9-29-11-13-34-14-12-29/h4-11,20,25,30,41H,12-19,21-23H2,1-3H3;3-8,18,23,27H,9-17H2,1-2H3/t25-,30-,35+;18-,23-,26+/m11/s1. The maximum absolute atomic E-state index is 14.5. The molecule has 8 heterocycles. The van der Waals surface area contributed by atoms with Crippen molar-refractivity contribution in [2.75, 3.05) is 157 Å². The number of morpholine rings is 2. The van der Waals surface area contributed by atoms with Gasteiger partial charge in [-0.05, 0) is 71.0 Å². The number of hydrogen-bond donors (Lipinski definition) is 2. The van der Waals surface area contributed by atoms with Gasteiger partial charge in [0.05, 0.1) is 45.6 Å². The van der Waals surface area contributed by atoms with Crippen LogP contribution in [0.4, 0.5) is 21.0 Å². The number of anilines is 2. The number of benzene rings is 5. The van der Waals surface area contributed by atoms with Crippen LogP contribution in [0, 0.1) is 11.8 Å². The molecular weight excluding hydrogens is 1000 g/mol. The molecule has 5 aromatic carbocycles. The summed E-state index contributed by atoms with van der Waals surface area (Å²) in [4.78, 5) is 74.7. The molecule has 79 heavy (non-hydrogen) atoms. The van der Waals surface area contributed by atoms with E-state index in [-0.39, 0.29) is 53.5 Å². The molecule has 2 spiro atoms. The fourth-order valence-electron chi connectivity index (χ4n) is 14.7. The summed E-state index contributed by atoms with van der Waals surface area (Å²) >= 11 is 0. The SMILES string of the molecule is CN(C)c1ccc([C@H]2C[C@@H]3CNC[C@@]34C(=O)N(CCN3CCOCC3)C(=O)N24)c2ccccc12.COc1ccc(CCN2C[C@H]3C[C@H](c4ccc(N(C)C)c5ccccc45)N4C(=O)N(CCN5CCOCC5)C(=O)[C@]34C2)cc1O. The van der Waals surface area contributed by atoms with Crippen LogP contribution in [-0.2, 0) is 25.5 Å². The van der Waals surface area contributed by atoms with Gasteiger partial charge in [0.2, 0.25) is 0 Å². The maximum Gasteiger partial charge on any atom is 0.328 e. The van der Waals surface area contributed by atoms with E-state index in [0.717, 1.165) is 109 Å². The first-order chi connectivity index (χ1) is 38.3. The predicted molar refractivity (Wildman–Crippen MR) is 304 cm³/mol. The molecule has 418 valence electrons. The second-order valence-corrected chi connectivity index (χ2v) is 23.2. The van der Waals surface area contributed by atoms with Crippen LogP contribution >= 0.6 is 0 Å². The molecule has 0 aliphatic carbocycles. The van der Waals surface area contributed by atoms with Crippen molar-refractivity contribution >= 4 is 56.8 Å². The smallest absolute Gasteiger partial charge is 0.328 e. The number of methoxy groups -OCH3 is 1. The number of phenols is 1. The van der Waals surface area contributed by atoms with Crippen molar-refractivity contribution in [2.24, 2.45) is 11.8 Å². The summed E-state index contributed by atoms with van der Waals surface area (Å²) < 4.78 is 16.2. The van der Waals surface area contributed by atoms with E-state index in [1.807, 2.05) is 30.0 Å². The Morgan fingerprint density at radius 2 is 1.11 bits per heavy atom. The van der Waals surface area contributed by atoms with Gasteiger partial charge in [-0.1, -0.05) is 66.7 Å². The van der Waals surface area contributed by atoms with E-state index in [1.165, 1.54) is 15.2 Å². The lowest BCUT2D eigenvalue weighted by Gasteiger charge is -2.32. The fraction of sp³-hybridized carbons (Fsp3) is 0.508. The number of rotatable bonds is 14. The first-order valence-electron chi connectivity index (χ1n) is 28.4. The number of amides is 6. The molecule has 0 radical (unpaired) electrons. The molecule has 8 aliphatic heterocycles. The fourth-order valence-corrected chi connectivity index (χ4v) is 14.7. The largest absolute Gasteiger partial charge is 0.504 e. The van der Waals surface area contributed by atoms with E-state index in [9.17, 15) is 24.3 Å². The normalized spacial score (nSPS) is 27.0. The number of imide groups is 2. The summed E-state index contributed by atoms with van der Waals surface area (Å²) in [6.07, 6.45) is 2.29. The van der Waals surface area contributed by atoms with E-state index >= 15 is 0 Å². The highest BCUT2D eigenvalue weighted by molar-refractivity contribution is 6.10. The number of hydrogen-bond acceptors (Lipinski definition) is 14. The van der Waals surface area contributed by atoms with Gasteiger partial charge in [0.1, 0.15) is 11.1 Å². The zero-order valence-corrected chi connectivity index (χ0v) is 46.4. The number of likely N-dealkylation sites (tertiary alicyclic amines) is 1. The number of nitrogens with zero attached hydrogens (tertiary/aromatic N) is 9. The number of carbonyl (C=O) groups excluding carboxylic acids is 4. The topological polar surface area (TPSA) is 157 Å². The van der Waals surface area contributed by atoms with Gasteiger partial charge < -0.3 is 44.2 Å². The van der Waals surface area contributed by atoms with Gasteiger partial charge in [0, 0.05) is 147 Å². The van der Waals surface area contributed by atoms with Gasteiger partial charge in [0.25, 0.3) is 11.8 Å². The van der Waals surface area contributed by atoms with Crippen LogP contribution in [-0.4, -0.2) is 221 Å². The number of carbonyl (C=O) groups is 4. The Hall–Kier alpha value is -6.54. The summed E-state index contributed by atoms with van der Waals surface area (Å²) in [7, 11) is 9.74. The highest BCUT2D eigenvalue weighted by Gasteiger charge is 2.71. The first kappa shape index (κ1) is 53.1. The van der Waals surface area contributed by atoms with Crippen molar-refractivity contribution in [2.45, 2.75) is 42.4 Å². The van der Waals surface area contributed by atoms with Crippen molar-refractivity contribution in [3.63, 3.8) is 0 Å². The number of urea groups is 2. The van der Waals surface area contributed by atoms with Gasteiger partial charge in [-0.2, -0.15) is 0 Å². The number of ether oxygens (including phenoxy) is 3. The molecule has 13 rings (SSSR count). The average molecular weight is 1080 g/mol. The van der Waals surface area contributed by atoms with Crippen LogP contribution in [0.15, 0.2) is 91.0 Å². The third-order valence-electron chi connectivity index (χ3n) is 18.7. The average Bonchev–Trinajstić information content (AvgIpc) is 2.90. The lowest BCUT2D eigenvalue weighted by molar-refractivity contribution is -0.134. The summed E-state index contributed by atoms with van der Waals surface area (Å²) in [5.41, 5.74) is 3.92. The Kier molecular flexibility index (Phi) is 14.5. The van der Waals surface area contributed by atoms with Crippen LogP contribution in [0.5, 0.6) is 11.5 Å². The molecular formula is C61H76N10O8. The molecule has 6 amide bonds. The number of aromatic hydroxyl groups is 1. The maximum atomic E-state index is 14.5. The summed E-state index contributed by atoms with van der Waals surface area (Å²) in [6.45, 7) is 11.6. The van der Waals surface area contributed by atoms with E-state index in [1.54, 1.807) is 19.2 Å². The van der Waals surface area contributed by atoms with E-state index in [0.29, 0.717) is 71.4 Å². The van der Waals surface area contributed by atoms with Crippen molar-refractivity contribution in [1.29, 1.82) is 0 Å². The highest BCUT2D eigenvalue weighted by Crippen LogP contribution is 2.57. The summed E-state index contributed by atoms with van der Waals surface area (Å²) in [6, 6.07) is 30.4. The van der Waals surface area contributed by atoms with Crippen molar-refractivity contribution < 1.29 is 38.5 Å². The molecule has 8 saturated heterocycles. The van der Waals surface area contributed by atoms with Gasteiger partial charge >= 0.3 is 12.1 Å². The second-order valence-electron chi connectivity index (χ2n) is 23.2.